The molecule has 0 radical (unpaired) electrons. The normalized spacial score (nSPS) is 10.8. The van der Waals surface area contributed by atoms with Crippen LogP contribution in [0.1, 0.15) is 30.3 Å². The first-order valence-corrected chi connectivity index (χ1v) is 6.90. The number of fused-ring (bicyclic) bond motifs is 1. The molecule has 0 saturated carbocycles. The molecule has 0 aliphatic heterocycles. The molecule has 0 aliphatic rings. The van der Waals surface area contributed by atoms with E-state index in [9.17, 15) is 9.59 Å². The number of carbonyl (C=O) groups excluding carboxylic acids is 1. The van der Waals surface area contributed by atoms with Crippen LogP contribution in [0, 0.1) is 0 Å². The van der Waals surface area contributed by atoms with Gasteiger partial charge >= 0.3 is 0 Å². The van der Waals surface area contributed by atoms with E-state index in [1.54, 1.807) is 18.7 Å². The van der Waals surface area contributed by atoms with Crippen molar-refractivity contribution in [1.82, 2.24) is 9.47 Å². The third-order valence-corrected chi connectivity index (χ3v) is 3.38. The Kier molecular flexibility index (Phi) is 4.23. The molecule has 0 spiro atoms. The molecule has 20 heavy (non-hydrogen) atoms. The summed E-state index contributed by atoms with van der Waals surface area (Å²) in [4.78, 5) is 26.4. The zero-order valence-corrected chi connectivity index (χ0v) is 12.2. The van der Waals surface area contributed by atoms with Crippen LogP contribution < -0.4 is 5.56 Å². The average molecular weight is 272 g/mol. The molecule has 0 unspecified atom stereocenters. The van der Waals surface area contributed by atoms with Crippen LogP contribution in [-0.4, -0.2) is 29.5 Å². The van der Waals surface area contributed by atoms with E-state index < -0.39 is 0 Å². The third kappa shape index (κ3) is 2.59. The van der Waals surface area contributed by atoms with E-state index in [-0.39, 0.29) is 11.5 Å². The zero-order valence-electron chi connectivity index (χ0n) is 12.2. The standard InChI is InChI=1S/C16H20N2O2/c1-4-5-10-18-14(16(20)17(2)3)11-12-8-6-7-9-13(12)15(18)19/h6-9,11H,4-5,10H2,1-3H3. The molecule has 0 N–H and O–H groups in total. The van der Waals surface area contributed by atoms with Gasteiger partial charge in [0, 0.05) is 26.0 Å². The van der Waals surface area contributed by atoms with E-state index in [0.717, 1.165) is 18.2 Å². The maximum atomic E-state index is 12.6. The van der Waals surface area contributed by atoms with Crippen molar-refractivity contribution in [2.24, 2.45) is 0 Å². The number of hydrogen-bond donors (Lipinski definition) is 0. The topological polar surface area (TPSA) is 42.3 Å². The summed E-state index contributed by atoms with van der Waals surface area (Å²) in [5, 5.41) is 1.48. The fraction of sp³-hybridized carbons (Fsp3) is 0.375. The first kappa shape index (κ1) is 14.3. The summed E-state index contributed by atoms with van der Waals surface area (Å²) in [6.45, 7) is 2.65. The van der Waals surface area contributed by atoms with E-state index >= 15 is 0 Å². The van der Waals surface area contributed by atoms with Crippen molar-refractivity contribution in [3.8, 4) is 0 Å². The summed E-state index contributed by atoms with van der Waals surface area (Å²) in [6.07, 6.45) is 1.86. The molecule has 4 heteroatoms. The van der Waals surface area contributed by atoms with Crippen LogP contribution in [0.25, 0.3) is 10.8 Å². The molecule has 0 bridgehead atoms. The zero-order chi connectivity index (χ0) is 14.7. The monoisotopic (exact) mass is 272 g/mol. The van der Waals surface area contributed by atoms with Gasteiger partial charge in [0.05, 0.1) is 0 Å². The van der Waals surface area contributed by atoms with Crippen LogP contribution >= 0.6 is 0 Å². The number of nitrogens with zero attached hydrogens (tertiary/aromatic N) is 2. The van der Waals surface area contributed by atoms with Gasteiger partial charge in [-0.2, -0.15) is 0 Å². The maximum Gasteiger partial charge on any atom is 0.270 e. The number of benzene rings is 1. The molecule has 2 rings (SSSR count). The predicted molar refractivity (Wildman–Crippen MR) is 81.1 cm³/mol. The van der Waals surface area contributed by atoms with Crippen molar-refractivity contribution in [1.29, 1.82) is 0 Å². The molecule has 0 aliphatic carbocycles. The van der Waals surface area contributed by atoms with Crippen molar-refractivity contribution in [2.45, 2.75) is 26.3 Å². The van der Waals surface area contributed by atoms with Gasteiger partial charge < -0.3 is 9.47 Å². The molecular weight excluding hydrogens is 252 g/mol. The Morgan fingerprint density at radius 1 is 1.25 bits per heavy atom. The molecule has 1 amide bonds. The van der Waals surface area contributed by atoms with Gasteiger partial charge in [-0.1, -0.05) is 31.5 Å². The van der Waals surface area contributed by atoms with E-state index in [0.29, 0.717) is 17.6 Å². The fourth-order valence-electron chi connectivity index (χ4n) is 2.24. The van der Waals surface area contributed by atoms with Gasteiger partial charge in [0.2, 0.25) is 0 Å². The van der Waals surface area contributed by atoms with Crippen LogP contribution in [0.5, 0.6) is 0 Å². The van der Waals surface area contributed by atoms with E-state index in [4.69, 9.17) is 0 Å². The minimum absolute atomic E-state index is 0.0817. The number of aromatic nitrogens is 1. The number of pyridine rings is 1. The number of unbranched alkanes of at least 4 members (excludes halogenated alkanes) is 1. The summed E-state index contributed by atoms with van der Waals surface area (Å²) >= 11 is 0. The van der Waals surface area contributed by atoms with Gasteiger partial charge in [0.1, 0.15) is 5.69 Å². The van der Waals surface area contributed by atoms with Crippen molar-refractivity contribution < 1.29 is 4.79 Å². The van der Waals surface area contributed by atoms with Crippen LogP contribution in [0.4, 0.5) is 0 Å². The summed E-state index contributed by atoms with van der Waals surface area (Å²) in [5.74, 6) is -0.135. The molecule has 4 nitrogen and oxygen atoms in total. The predicted octanol–water partition coefficient (Wildman–Crippen LogP) is 2.50. The fourth-order valence-corrected chi connectivity index (χ4v) is 2.24. The van der Waals surface area contributed by atoms with Gasteiger partial charge in [0.15, 0.2) is 0 Å². The molecule has 0 atom stereocenters. The van der Waals surface area contributed by atoms with E-state index in [1.165, 1.54) is 4.90 Å². The summed E-state index contributed by atoms with van der Waals surface area (Å²) in [5.41, 5.74) is 0.383. The van der Waals surface area contributed by atoms with Crippen molar-refractivity contribution in [3.05, 3.63) is 46.4 Å². The Labute approximate surface area is 118 Å². The van der Waals surface area contributed by atoms with E-state index in [2.05, 4.69) is 6.92 Å². The lowest BCUT2D eigenvalue weighted by atomic mass is 10.1. The summed E-state index contributed by atoms with van der Waals surface area (Å²) < 4.78 is 1.61. The largest absolute Gasteiger partial charge is 0.343 e. The maximum absolute atomic E-state index is 12.6. The minimum Gasteiger partial charge on any atom is -0.343 e. The van der Waals surface area contributed by atoms with E-state index in [1.807, 2.05) is 30.3 Å². The highest BCUT2D eigenvalue weighted by atomic mass is 16.2. The first-order valence-electron chi connectivity index (χ1n) is 6.90. The molecular formula is C16H20N2O2. The lowest BCUT2D eigenvalue weighted by Crippen LogP contribution is -2.32. The Balaban J connectivity index is 2.69. The van der Waals surface area contributed by atoms with Crippen molar-refractivity contribution in [2.75, 3.05) is 14.1 Å². The molecule has 1 heterocycles. The summed E-state index contributed by atoms with van der Waals surface area (Å²) in [7, 11) is 3.40. The Hall–Kier alpha value is -2.10. The van der Waals surface area contributed by atoms with Crippen LogP contribution in [0.2, 0.25) is 0 Å². The van der Waals surface area contributed by atoms with Crippen LogP contribution in [0.3, 0.4) is 0 Å². The second-order valence-corrected chi connectivity index (χ2v) is 5.13. The first-order chi connectivity index (χ1) is 9.56. The van der Waals surface area contributed by atoms with Crippen molar-refractivity contribution >= 4 is 16.7 Å². The minimum atomic E-state index is -0.135. The number of amides is 1. The second kappa shape index (κ2) is 5.90. The number of carbonyl (C=O) groups is 1. The van der Waals surface area contributed by atoms with Crippen LogP contribution in [-0.2, 0) is 6.54 Å². The average Bonchev–Trinajstić information content (AvgIpc) is 2.45. The lowest BCUT2D eigenvalue weighted by Gasteiger charge is -2.17. The van der Waals surface area contributed by atoms with Gasteiger partial charge in [-0.05, 0) is 23.9 Å². The quantitative estimate of drug-likeness (QED) is 0.858. The highest BCUT2D eigenvalue weighted by Gasteiger charge is 2.16. The lowest BCUT2D eigenvalue weighted by molar-refractivity contribution is 0.0815. The van der Waals surface area contributed by atoms with Gasteiger partial charge in [-0.3, -0.25) is 9.59 Å². The number of hydrogen-bond acceptors (Lipinski definition) is 2. The molecule has 1 aromatic heterocycles. The number of rotatable bonds is 4. The van der Waals surface area contributed by atoms with Crippen LogP contribution in [0.15, 0.2) is 35.1 Å². The molecule has 0 saturated heterocycles. The highest BCUT2D eigenvalue weighted by molar-refractivity contribution is 5.96. The van der Waals surface area contributed by atoms with Crippen molar-refractivity contribution in [3.63, 3.8) is 0 Å². The Morgan fingerprint density at radius 2 is 1.95 bits per heavy atom. The Morgan fingerprint density at radius 3 is 2.60 bits per heavy atom. The molecule has 106 valence electrons. The third-order valence-electron chi connectivity index (χ3n) is 3.38. The second-order valence-electron chi connectivity index (χ2n) is 5.13. The van der Waals surface area contributed by atoms with Gasteiger partial charge in [-0.15, -0.1) is 0 Å². The van der Waals surface area contributed by atoms with Gasteiger partial charge in [-0.25, -0.2) is 0 Å². The summed E-state index contributed by atoms with van der Waals surface area (Å²) in [6, 6.07) is 9.22. The smallest absolute Gasteiger partial charge is 0.270 e. The molecule has 0 fully saturated rings. The molecule has 2 aromatic rings. The molecule has 1 aromatic carbocycles. The highest BCUT2D eigenvalue weighted by Crippen LogP contribution is 2.14. The SMILES string of the molecule is CCCCn1c(C(=O)N(C)C)cc2ccccc2c1=O. The Bertz CT molecular complexity index is 686. The van der Waals surface area contributed by atoms with Gasteiger partial charge in [0.25, 0.3) is 11.5 Å².